The lowest BCUT2D eigenvalue weighted by atomic mass is 10.2. The number of amides is 2. The first-order valence-electron chi connectivity index (χ1n) is 8.61. The maximum atomic E-state index is 12.6. The normalized spacial score (nSPS) is 16.3. The van der Waals surface area contributed by atoms with Crippen molar-refractivity contribution in [2.45, 2.75) is 31.7 Å². The number of benzene rings is 1. The van der Waals surface area contributed by atoms with Crippen LogP contribution >= 0.6 is 0 Å². The molecule has 0 aliphatic carbocycles. The van der Waals surface area contributed by atoms with Crippen molar-refractivity contribution in [2.24, 2.45) is 0 Å². The summed E-state index contributed by atoms with van der Waals surface area (Å²) in [5.74, 6) is -0.757. The van der Waals surface area contributed by atoms with Crippen LogP contribution in [0.4, 0.5) is 0 Å². The third-order valence-electron chi connectivity index (χ3n) is 4.38. The van der Waals surface area contributed by atoms with Gasteiger partial charge in [0.2, 0.25) is 5.91 Å². The first kappa shape index (κ1) is 17.3. The van der Waals surface area contributed by atoms with Crippen LogP contribution in [-0.4, -0.2) is 57.5 Å². The van der Waals surface area contributed by atoms with E-state index in [1.54, 1.807) is 11.0 Å². The molecule has 0 bridgehead atoms. The topological polar surface area (TPSA) is 95.4 Å². The molecule has 2 heterocycles. The van der Waals surface area contributed by atoms with E-state index in [1.807, 2.05) is 18.2 Å². The molecule has 0 spiro atoms. The minimum absolute atomic E-state index is 0.126. The van der Waals surface area contributed by atoms with Gasteiger partial charge in [-0.2, -0.15) is 0 Å². The molecular weight excluding hydrogens is 320 g/mol. The van der Waals surface area contributed by atoms with Crippen LogP contribution in [0, 0.1) is 0 Å². The molecule has 1 fully saturated rings. The largest absolute Gasteiger partial charge is 0.394 e. The van der Waals surface area contributed by atoms with E-state index >= 15 is 0 Å². The molecule has 7 heteroatoms. The lowest BCUT2D eigenvalue weighted by Gasteiger charge is -2.25. The van der Waals surface area contributed by atoms with Crippen LogP contribution in [0.1, 0.15) is 36.2 Å². The molecule has 7 nitrogen and oxygen atoms in total. The van der Waals surface area contributed by atoms with Crippen molar-refractivity contribution in [3.63, 3.8) is 0 Å². The van der Waals surface area contributed by atoms with E-state index in [0.717, 1.165) is 25.7 Å². The van der Waals surface area contributed by atoms with Crippen molar-refractivity contribution in [1.82, 2.24) is 20.2 Å². The molecule has 1 saturated heterocycles. The van der Waals surface area contributed by atoms with Gasteiger partial charge in [-0.1, -0.05) is 25.0 Å². The van der Waals surface area contributed by atoms with E-state index in [9.17, 15) is 14.7 Å². The zero-order valence-corrected chi connectivity index (χ0v) is 14.0. The van der Waals surface area contributed by atoms with E-state index < -0.39 is 18.6 Å². The van der Waals surface area contributed by atoms with Gasteiger partial charge in [-0.15, -0.1) is 0 Å². The molecule has 2 N–H and O–H groups in total. The van der Waals surface area contributed by atoms with E-state index in [2.05, 4.69) is 15.3 Å². The number of rotatable bonds is 4. The zero-order chi connectivity index (χ0) is 17.6. The summed E-state index contributed by atoms with van der Waals surface area (Å²) in [4.78, 5) is 35.2. The average molecular weight is 342 g/mol. The average Bonchev–Trinajstić information content (AvgIpc) is 2.94. The number of para-hydroxylation sites is 2. The van der Waals surface area contributed by atoms with Crippen LogP contribution in [-0.2, 0) is 4.79 Å². The van der Waals surface area contributed by atoms with Crippen molar-refractivity contribution in [3.8, 4) is 0 Å². The Kier molecular flexibility index (Phi) is 5.55. The summed E-state index contributed by atoms with van der Waals surface area (Å²) in [5.41, 5.74) is 1.42. The molecule has 1 aromatic heterocycles. The van der Waals surface area contributed by atoms with E-state index in [0.29, 0.717) is 24.1 Å². The number of aliphatic hydroxyl groups excluding tert-OH is 1. The fourth-order valence-electron chi connectivity index (χ4n) is 3.00. The minimum atomic E-state index is -0.959. The second kappa shape index (κ2) is 8.02. The van der Waals surface area contributed by atoms with Crippen LogP contribution in [0.2, 0.25) is 0 Å². The van der Waals surface area contributed by atoms with Gasteiger partial charge in [0.25, 0.3) is 5.91 Å². The van der Waals surface area contributed by atoms with Crippen LogP contribution in [0.3, 0.4) is 0 Å². The molecule has 1 aliphatic heterocycles. The molecule has 3 rings (SSSR count). The molecule has 0 radical (unpaired) electrons. The zero-order valence-electron chi connectivity index (χ0n) is 14.0. The Morgan fingerprint density at radius 1 is 1.12 bits per heavy atom. The first-order valence-corrected chi connectivity index (χ1v) is 8.61. The lowest BCUT2D eigenvalue weighted by molar-refractivity contribution is -0.134. The second-order valence-electron chi connectivity index (χ2n) is 6.19. The molecule has 1 unspecified atom stereocenters. The third kappa shape index (κ3) is 4.11. The number of carbonyl (C=O) groups is 2. The number of aromatic nitrogens is 2. The van der Waals surface area contributed by atoms with Crippen LogP contribution < -0.4 is 5.32 Å². The van der Waals surface area contributed by atoms with Crippen molar-refractivity contribution in [2.75, 3.05) is 19.7 Å². The van der Waals surface area contributed by atoms with Crippen LogP contribution in [0.25, 0.3) is 11.0 Å². The number of hydrogen-bond donors (Lipinski definition) is 2. The van der Waals surface area contributed by atoms with Gasteiger partial charge in [0, 0.05) is 13.1 Å². The Bertz CT molecular complexity index is 757. The van der Waals surface area contributed by atoms with Crippen molar-refractivity contribution in [3.05, 3.63) is 36.2 Å². The highest BCUT2D eigenvalue weighted by atomic mass is 16.3. The number of nitrogens with one attached hydrogen (secondary N) is 1. The number of hydrogen-bond acceptors (Lipinski definition) is 5. The molecule has 0 saturated carbocycles. The molecule has 1 atom stereocenters. The predicted octanol–water partition coefficient (Wildman–Crippen LogP) is 1.12. The smallest absolute Gasteiger partial charge is 0.272 e. The van der Waals surface area contributed by atoms with Crippen molar-refractivity contribution in [1.29, 1.82) is 0 Å². The predicted molar refractivity (Wildman–Crippen MR) is 92.9 cm³/mol. The lowest BCUT2D eigenvalue weighted by Crippen LogP contribution is -2.51. The number of likely N-dealkylation sites (tertiary alicyclic amines) is 1. The summed E-state index contributed by atoms with van der Waals surface area (Å²) < 4.78 is 0. The molecule has 1 aliphatic rings. The Morgan fingerprint density at radius 3 is 2.48 bits per heavy atom. The quantitative estimate of drug-likeness (QED) is 0.868. The molecule has 1 aromatic carbocycles. The highest BCUT2D eigenvalue weighted by Crippen LogP contribution is 2.12. The summed E-state index contributed by atoms with van der Waals surface area (Å²) >= 11 is 0. The van der Waals surface area contributed by atoms with Gasteiger partial charge in [-0.05, 0) is 25.0 Å². The fourth-order valence-corrected chi connectivity index (χ4v) is 3.00. The highest BCUT2D eigenvalue weighted by molar-refractivity contribution is 5.97. The van der Waals surface area contributed by atoms with Gasteiger partial charge < -0.3 is 15.3 Å². The van der Waals surface area contributed by atoms with Gasteiger partial charge in [0.05, 0.1) is 23.8 Å². The van der Waals surface area contributed by atoms with Gasteiger partial charge >= 0.3 is 0 Å². The van der Waals surface area contributed by atoms with Crippen molar-refractivity contribution >= 4 is 22.8 Å². The molecular formula is C18H22N4O3. The number of aliphatic hydroxyl groups is 1. The molecule has 2 amide bonds. The first-order chi connectivity index (χ1) is 12.2. The Hall–Kier alpha value is -2.54. The SMILES string of the molecule is O=C(NC(CO)C(=O)N1CCCCCC1)c1cnc2ccccc2n1. The summed E-state index contributed by atoms with van der Waals surface area (Å²) in [6, 6.07) is 6.28. The third-order valence-corrected chi connectivity index (χ3v) is 4.38. The summed E-state index contributed by atoms with van der Waals surface area (Å²) in [6.45, 7) is 0.893. The summed E-state index contributed by atoms with van der Waals surface area (Å²) in [7, 11) is 0. The maximum Gasteiger partial charge on any atom is 0.272 e. The van der Waals surface area contributed by atoms with E-state index in [1.165, 1.54) is 6.20 Å². The van der Waals surface area contributed by atoms with Crippen LogP contribution in [0.5, 0.6) is 0 Å². The number of carbonyl (C=O) groups excluding carboxylic acids is 2. The fraction of sp³-hybridized carbons (Fsp3) is 0.444. The van der Waals surface area contributed by atoms with Gasteiger partial charge in [-0.25, -0.2) is 4.98 Å². The highest BCUT2D eigenvalue weighted by Gasteiger charge is 2.26. The van der Waals surface area contributed by atoms with Crippen molar-refractivity contribution < 1.29 is 14.7 Å². The Labute approximate surface area is 146 Å². The number of nitrogens with zero attached hydrogens (tertiary/aromatic N) is 3. The van der Waals surface area contributed by atoms with E-state index in [4.69, 9.17) is 0 Å². The maximum absolute atomic E-state index is 12.6. The molecule has 2 aromatic rings. The molecule has 132 valence electrons. The van der Waals surface area contributed by atoms with Crippen LogP contribution in [0.15, 0.2) is 30.5 Å². The van der Waals surface area contributed by atoms with E-state index in [-0.39, 0.29) is 11.6 Å². The number of fused-ring (bicyclic) bond motifs is 1. The standard InChI is InChI=1S/C18H22N4O3/c23-12-16(18(25)22-9-5-1-2-6-10-22)21-17(24)15-11-19-13-7-3-4-8-14(13)20-15/h3-4,7-8,11,16,23H,1-2,5-6,9-10,12H2,(H,21,24). The minimum Gasteiger partial charge on any atom is -0.394 e. The summed E-state index contributed by atoms with van der Waals surface area (Å²) in [6.07, 6.45) is 5.49. The second-order valence-corrected chi connectivity index (χ2v) is 6.19. The van der Waals surface area contributed by atoms with Gasteiger partial charge in [0.1, 0.15) is 11.7 Å². The van der Waals surface area contributed by atoms with Gasteiger partial charge in [-0.3, -0.25) is 14.6 Å². The molecule has 25 heavy (non-hydrogen) atoms. The monoisotopic (exact) mass is 342 g/mol. The summed E-state index contributed by atoms with van der Waals surface area (Å²) in [5, 5.41) is 12.1. The Morgan fingerprint density at radius 2 is 1.80 bits per heavy atom. The Balaban J connectivity index is 1.71. The van der Waals surface area contributed by atoms with Gasteiger partial charge in [0.15, 0.2) is 0 Å².